The van der Waals surface area contributed by atoms with E-state index in [4.69, 9.17) is 16.3 Å². The van der Waals surface area contributed by atoms with Crippen molar-refractivity contribution in [2.45, 2.75) is 17.7 Å². The maximum Gasteiger partial charge on any atom is 0.221 e. The van der Waals surface area contributed by atoms with E-state index in [1.54, 1.807) is 19.2 Å². The molecule has 2 rings (SSSR count). The fourth-order valence-electron chi connectivity index (χ4n) is 2.26. The molecule has 0 aliphatic heterocycles. The SMILES string of the molecule is COc1ccc(CCNC(=O)CCS(=O)(=O)c2ccccc2Cl)cc1. The molecule has 0 aliphatic rings. The lowest BCUT2D eigenvalue weighted by atomic mass is 10.1. The molecule has 0 saturated heterocycles. The van der Waals surface area contributed by atoms with Crippen LogP contribution in [0.3, 0.4) is 0 Å². The number of nitrogens with one attached hydrogen (secondary N) is 1. The summed E-state index contributed by atoms with van der Waals surface area (Å²) in [5, 5.41) is 2.90. The molecule has 1 N–H and O–H groups in total. The van der Waals surface area contributed by atoms with Crippen molar-refractivity contribution in [1.29, 1.82) is 0 Å². The zero-order valence-corrected chi connectivity index (χ0v) is 15.4. The zero-order chi connectivity index (χ0) is 18.3. The van der Waals surface area contributed by atoms with Gasteiger partial charge in [-0.15, -0.1) is 0 Å². The Morgan fingerprint density at radius 1 is 1.12 bits per heavy atom. The molecule has 1 amide bonds. The second-order valence-electron chi connectivity index (χ2n) is 5.45. The van der Waals surface area contributed by atoms with Gasteiger partial charge in [-0.1, -0.05) is 35.9 Å². The summed E-state index contributed by atoms with van der Waals surface area (Å²) in [6.07, 6.45) is 0.559. The fourth-order valence-corrected chi connectivity index (χ4v) is 4.07. The van der Waals surface area contributed by atoms with E-state index < -0.39 is 9.84 Å². The lowest BCUT2D eigenvalue weighted by Crippen LogP contribution is -2.27. The van der Waals surface area contributed by atoms with Gasteiger partial charge in [0, 0.05) is 13.0 Å². The van der Waals surface area contributed by atoms with Crippen molar-refractivity contribution in [2.75, 3.05) is 19.4 Å². The number of carbonyl (C=O) groups is 1. The Labute approximate surface area is 152 Å². The van der Waals surface area contributed by atoms with Gasteiger partial charge in [0.1, 0.15) is 5.75 Å². The van der Waals surface area contributed by atoms with Crippen LogP contribution in [0.25, 0.3) is 0 Å². The minimum absolute atomic E-state index is 0.0581. The normalized spacial score (nSPS) is 11.1. The highest BCUT2D eigenvalue weighted by Crippen LogP contribution is 2.22. The highest BCUT2D eigenvalue weighted by molar-refractivity contribution is 7.91. The molecule has 0 bridgehead atoms. The molecular weight excluding hydrogens is 362 g/mol. The lowest BCUT2D eigenvalue weighted by molar-refractivity contribution is -0.120. The maximum atomic E-state index is 12.2. The van der Waals surface area contributed by atoms with Crippen LogP contribution in [0.5, 0.6) is 5.75 Å². The van der Waals surface area contributed by atoms with Crippen LogP contribution in [0, 0.1) is 0 Å². The summed E-state index contributed by atoms with van der Waals surface area (Å²) in [7, 11) is -1.97. The Morgan fingerprint density at radius 2 is 1.80 bits per heavy atom. The number of amides is 1. The first-order valence-electron chi connectivity index (χ1n) is 7.79. The largest absolute Gasteiger partial charge is 0.497 e. The number of carbonyl (C=O) groups excluding carboxylic acids is 1. The second kappa shape index (κ2) is 8.87. The first-order chi connectivity index (χ1) is 11.9. The van der Waals surface area contributed by atoms with Gasteiger partial charge >= 0.3 is 0 Å². The molecule has 0 radical (unpaired) electrons. The van der Waals surface area contributed by atoms with Gasteiger partial charge in [-0.2, -0.15) is 0 Å². The summed E-state index contributed by atoms with van der Waals surface area (Å²) in [6, 6.07) is 13.8. The predicted octanol–water partition coefficient (Wildman–Crippen LogP) is 2.87. The summed E-state index contributed by atoms with van der Waals surface area (Å²) >= 11 is 5.91. The summed E-state index contributed by atoms with van der Waals surface area (Å²) < 4.78 is 29.6. The van der Waals surface area contributed by atoms with Crippen molar-refractivity contribution in [3.8, 4) is 5.75 Å². The molecule has 0 unspecified atom stereocenters. The summed E-state index contributed by atoms with van der Waals surface area (Å²) in [6.45, 7) is 0.442. The molecule has 0 fully saturated rings. The Kier molecular flexibility index (Phi) is 6.84. The molecule has 7 heteroatoms. The number of hydrogen-bond acceptors (Lipinski definition) is 4. The molecule has 0 aliphatic carbocycles. The van der Waals surface area contributed by atoms with Crippen LogP contribution in [-0.2, 0) is 21.1 Å². The van der Waals surface area contributed by atoms with Gasteiger partial charge in [0.15, 0.2) is 9.84 Å². The number of methoxy groups -OCH3 is 1. The van der Waals surface area contributed by atoms with Crippen molar-refractivity contribution in [3.63, 3.8) is 0 Å². The molecule has 0 spiro atoms. The van der Waals surface area contributed by atoms with E-state index in [1.807, 2.05) is 24.3 Å². The molecule has 0 atom stereocenters. The van der Waals surface area contributed by atoms with Crippen LogP contribution in [0.1, 0.15) is 12.0 Å². The van der Waals surface area contributed by atoms with Crippen LogP contribution in [0.2, 0.25) is 5.02 Å². The minimum atomic E-state index is -3.58. The summed E-state index contributed by atoms with van der Waals surface area (Å²) in [5.41, 5.74) is 1.06. The standard InChI is InChI=1S/C18H20ClNO4S/c1-24-15-8-6-14(7-9-15)10-12-20-18(21)11-13-25(22,23)17-5-3-2-4-16(17)19/h2-9H,10-13H2,1H3,(H,20,21). The van der Waals surface area contributed by atoms with E-state index in [0.29, 0.717) is 13.0 Å². The zero-order valence-electron chi connectivity index (χ0n) is 13.9. The molecule has 5 nitrogen and oxygen atoms in total. The third-order valence-corrected chi connectivity index (χ3v) is 5.87. The van der Waals surface area contributed by atoms with Gasteiger partial charge in [-0.25, -0.2) is 8.42 Å². The quantitative estimate of drug-likeness (QED) is 0.763. The molecule has 0 aromatic heterocycles. The first-order valence-corrected chi connectivity index (χ1v) is 9.82. The van der Waals surface area contributed by atoms with Crippen molar-refractivity contribution >= 4 is 27.3 Å². The molecule has 0 heterocycles. The lowest BCUT2D eigenvalue weighted by Gasteiger charge is -2.08. The highest BCUT2D eigenvalue weighted by Gasteiger charge is 2.19. The molecule has 2 aromatic rings. The van der Waals surface area contributed by atoms with Crippen LogP contribution >= 0.6 is 11.6 Å². The monoisotopic (exact) mass is 381 g/mol. The van der Waals surface area contributed by atoms with Crippen molar-refractivity contribution in [2.24, 2.45) is 0 Å². The van der Waals surface area contributed by atoms with Crippen LogP contribution in [-0.4, -0.2) is 33.7 Å². The van der Waals surface area contributed by atoms with E-state index in [9.17, 15) is 13.2 Å². The molecule has 0 saturated carbocycles. The Morgan fingerprint density at radius 3 is 2.44 bits per heavy atom. The molecule has 134 valence electrons. The van der Waals surface area contributed by atoms with Crippen molar-refractivity contribution in [1.82, 2.24) is 5.32 Å². The number of hydrogen-bond donors (Lipinski definition) is 1. The van der Waals surface area contributed by atoms with Gasteiger partial charge < -0.3 is 10.1 Å². The third-order valence-electron chi connectivity index (χ3n) is 3.66. The predicted molar refractivity (Wildman–Crippen MR) is 97.8 cm³/mol. The van der Waals surface area contributed by atoms with Crippen molar-refractivity contribution in [3.05, 3.63) is 59.1 Å². The van der Waals surface area contributed by atoms with Gasteiger partial charge in [0.2, 0.25) is 5.91 Å². The first kappa shape index (κ1) is 19.3. The minimum Gasteiger partial charge on any atom is -0.497 e. The number of halogens is 1. The summed E-state index contributed by atoms with van der Waals surface area (Å²) in [5.74, 6) is 0.201. The highest BCUT2D eigenvalue weighted by atomic mass is 35.5. The van der Waals surface area contributed by atoms with Crippen molar-refractivity contribution < 1.29 is 17.9 Å². The number of benzene rings is 2. The second-order valence-corrected chi connectivity index (χ2v) is 7.93. The fraction of sp³-hybridized carbons (Fsp3) is 0.278. The van der Waals surface area contributed by atoms with Gasteiger partial charge in [0.25, 0.3) is 0 Å². The summed E-state index contributed by atoms with van der Waals surface area (Å²) in [4.78, 5) is 11.9. The molecule has 2 aromatic carbocycles. The van der Waals surface area contributed by atoms with E-state index in [2.05, 4.69) is 5.32 Å². The maximum absolute atomic E-state index is 12.2. The third kappa shape index (κ3) is 5.76. The number of sulfone groups is 1. The molecule has 25 heavy (non-hydrogen) atoms. The van der Waals surface area contributed by atoms with E-state index in [1.165, 1.54) is 12.1 Å². The average Bonchev–Trinajstić information content (AvgIpc) is 2.61. The van der Waals surface area contributed by atoms with Crippen LogP contribution < -0.4 is 10.1 Å². The number of ether oxygens (including phenoxy) is 1. The van der Waals surface area contributed by atoms with Gasteiger partial charge in [-0.3, -0.25) is 4.79 Å². The van der Waals surface area contributed by atoms with Crippen LogP contribution in [0.4, 0.5) is 0 Å². The Hall–Kier alpha value is -2.05. The van der Waals surface area contributed by atoms with E-state index in [-0.39, 0.29) is 28.0 Å². The average molecular weight is 382 g/mol. The molecular formula is C18H20ClNO4S. The van der Waals surface area contributed by atoms with E-state index in [0.717, 1.165) is 11.3 Å². The van der Waals surface area contributed by atoms with Gasteiger partial charge in [0.05, 0.1) is 22.8 Å². The Balaban J connectivity index is 1.79. The van der Waals surface area contributed by atoms with Gasteiger partial charge in [-0.05, 0) is 36.2 Å². The number of rotatable bonds is 8. The smallest absolute Gasteiger partial charge is 0.221 e. The van der Waals surface area contributed by atoms with Crippen LogP contribution in [0.15, 0.2) is 53.4 Å². The Bertz CT molecular complexity index is 819. The topological polar surface area (TPSA) is 72.5 Å². The van der Waals surface area contributed by atoms with E-state index >= 15 is 0 Å².